The van der Waals surface area contributed by atoms with Gasteiger partial charge in [-0.3, -0.25) is 0 Å². The second-order valence-corrected chi connectivity index (χ2v) is 14.2. The van der Waals surface area contributed by atoms with Crippen LogP contribution in [-0.4, -0.2) is 62.8 Å². The van der Waals surface area contributed by atoms with Crippen LogP contribution < -0.4 is 9.64 Å². The van der Waals surface area contributed by atoms with Crippen LogP contribution in [0.15, 0.2) is 54.9 Å². The van der Waals surface area contributed by atoms with E-state index < -0.39 is 17.7 Å². The minimum atomic E-state index is -0.963. The maximum absolute atomic E-state index is 13.4. The van der Waals surface area contributed by atoms with Crippen molar-refractivity contribution in [3.8, 4) is 11.6 Å². The number of nitrogens with zero attached hydrogens (tertiary/aromatic N) is 6. The first-order valence-electron chi connectivity index (χ1n) is 16.8. The lowest BCUT2D eigenvalue weighted by Gasteiger charge is -2.41. The molecule has 0 aliphatic carbocycles. The largest absolute Gasteiger partial charge is 0.493 e. The molecule has 0 amide bonds. The molecule has 6 bridgehead atoms. The maximum atomic E-state index is 13.4. The van der Waals surface area contributed by atoms with Crippen molar-refractivity contribution in [2.45, 2.75) is 91.3 Å². The van der Waals surface area contributed by atoms with E-state index in [0.29, 0.717) is 35.8 Å². The maximum Gasteiger partial charge on any atom is 0.339 e. The summed E-state index contributed by atoms with van der Waals surface area (Å²) < 4.78 is 21.6. The lowest BCUT2D eigenvalue weighted by Crippen LogP contribution is -2.41. The SMILES string of the molecule is COC(=O)[C@@H](OC(C)(C)C)c1c(C)nc2cc3nn2c1N1CCC(C)(CC/C=C/CCCOc2ccccc2Cc2cnn-3c2)CC1. The zero-order valence-corrected chi connectivity index (χ0v) is 28.7. The Balaban J connectivity index is 1.46. The Kier molecular flexibility index (Phi) is 9.41. The predicted octanol–water partition coefficient (Wildman–Crippen LogP) is 6.96. The molecule has 0 N–H and O–H groups in total. The fraction of sp³-hybridized carbons (Fsp3) is 0.514. The van der Waals surface area contributed by atoms with E-state index in [4.69, 9.17) is 29.4 Å². The first-order valence-corrected chi connectivity index (χ1v) is 16.8. The number of benzene rings is 1. The van der Waals surface area contributed by atoms with Crippen molar-refractivity contribution >= 4 is 17.4 Å². The number of methoxy groups -OCH3 is 1. The molecule has 3 aliphatic rings. The molecule has 1 saturated heterocycles. The second-order valence-electron chi connectivity index (χ2n) is 14.2. The van der Waals surface area contributed by atoms with Gasteiger partial charge in [0.25, 0.3) is 0 Å². The van der Waals surface area contributed by atoms with Gasteiger partial charge < -0.3 is 19.1 Å². The molecule has 10 heteroatoms. The highest BCUT2D eigenvalue weighted by atomic mass is 16.6. The van der Waals surface area contributed by atoms with Gasteiger partial charge in [0.05, 0.1) is 31.1 Å². The summed E-state index contributed by atoms with van der Waals surface area (Å²) in [6.45, 7) is 12.5. The van der Waals surface area contributed by atoms with Gasteiger partial charge in [0.2, 0.25) is 0 Å². The fourth-order valence-electron chi connectivity index (χ4n) is 6.66. The molecule has 0 radical (unpaired) electrons. The summed E-state index contributed by atoms with van der Waals surface area (Å²) in [5.74, 6) is 1.92. The Morgan fingerprint density at radius 2 is 1.85 bits per heavy atom. The van der Waals surface area contributed by atoms with Gasteiger partial charge in [0.15, 0.2) is 17.6 Å². The summed E-state index contributed by atoms with van der Waals surface area (Å²) in [4.78, 5) is 20.7. The number of rotatable bonds is 3. The Labute approximate surface area is 277 Å². The molecule has 0 unspecified atom stereocenters. The normalized spacial score (nSPS) is 18.6. The van der Waals surface area contributed by atoms with E-state index in [-0.39, 0.29) is 5.41 Å². The molecule has 3 aromatic heterocycles. The van der Waals surface area contributed by atoms with Crippen molar-refractivity contribution in [1.82, 2.24) is 24.4 Å². The number of piperidine rings is 1. The van der Waals surface area contributed by atoms with E-state index in [1.54, 1.807) is 4.68 Å². The molecular formula is C37H48N6O4. The van der Waals surface area contributed by atoms with Gasteiger partial charge >= 0.3 is 5.97 Å². The zero-order valence-electron chi connectivity index (χ0n) is 28.7. The van der Waals surface area contributed by atoms with Gasteiger partial charge in [-0.1, -0.05) is 37.3 Å². The highest BCUT2D eigenvalue weighted by molar-refractivity contribution is 5.80. The molecule has 0 saturated carbocycles. The van der Waals surface area contributed by atoms with Gasteiger partial charge in [-0.25, -0.2) is 14.5 Å². The monoisotopic (exact) mass is 640 g/mol. The predicted molar refractivity (Wildman–Crippen MR) is 182 cm³/mol. The molecule has 1 fully saturated rings. The van der Waals surface area contributed by atoms with Gasteiger partial charge in [-0.2, -0.15) is 9.61 Å². The lowest BCUT2D eigenvalue weighted by molar-refractivity contribution is -0.164. The van der Waals surface area contributed by atoms with Crippen molar-refractivity contribution < 1.29 is 19.0 Å². The van der Waals surface area contributed by atoms with Crippen LogP contribution in [0.1, 0.15) is 94.7 Å². The molecule has 4 aromatic rings. The number of allylic oxidation sites excluding steroid dienone is 2. The van der Waals surface area contributed by atoms with Crippen LogP contribution in [0.25, 0.3) is 11.5 Å². The minimum Gasteiger partial charge on any atom is -0.493 e. The van der Waals surface area contributed by atoms with Crippen LogP contribution in [0.5, 0.6) is 5.75 Å². The van der Waals surface area contributed by atoms with E-state index in [1.807, 2.05) is 68.9 Å². The average molecular weight is 641 g/mol. The van der Waals surface area contributed by atoms with E-state index in [2.05, 4.69) is 30.0 Å². The summed E-state index contributed by atoms with van der Waals surface area (Å²) in [6, 6.07) is 10.2. The van der Waals surface area contributed by atoms with Gasteiger partial charge in [-0.15, -0.1) is 5.10 Å². The van der Waals surface area contributed by atoms with Gasteiger partial charge in [-0.05, 0) is 88.8 Å². The number of carbonyl (C=O) groups is 1. The molecule has 0 spiro atoms. The first kappa shape index (κ1) is 32.7. The number of fused-ring (bicyclic) bond motifs is 8. The fourth-order valence-corrected chi connectivity index (χ4v) is 6.66. The summed E-state index contributed by atoms with van der Waals surface area (Å²) in [7, 11) is 1.40. The topological polar surface area (TPSA) is 96.0 Å². The van der Waals surface area contributed by atoms with Crippen LogP contribution in [0.2, 0.25) is 0 Å². The third-order valence-corrected chi connectivity index (χ3v) is 9.30. The quantitative estimate of drug-likeness (QED) is 0.175. The Morgan fingerprint density at radius 3 is 2.62 bits per heavy atom. The van der Waals surface area contributed by atoms with Crippen LogP contribution >= 0.6 is 0 Å². The van der Waals surface area contributed by atoms with Crippen LogP contribution in [0.4, 0.5) is 5.82 Å². The standard InChI is InChI=1S/C37H48N6O4/c1-26-32(33(35(44)45-6)47-36(2,3)4)34-41-19-17-37(5,18-20-41)16-12-8-7-9-13-21-46-29-15-11-10-14-28(29)22-27-24-38-42(25-27)31-23-30(39-26)43(34)40-31/h7-8,10-11,14-15,23-25,33H,9,12-13,16-22H2,1-6H3/b8-7+/t33-/m0/s1. The van der Waals surface area contributed by atoms with Gasteiger partial charge in [0, 0.05) is 37.5 Å². The molecule has 1 atom stereocenters. The summed E-state index contributed by atoms with van der Waals surface area (Å²) in [5, 5.41) is 9.76. The lowest BCUT2D eigenvalue weighted by atomic mass is 9.76. The zero-order chi connectivity index (χ0) is 33.2. The van der Waals surface area contributed by atoms with Crippen molar-refractivity contribution in [2.24, 2.45) is 5.41 Å². The summed E-state index contributed by atoms with van der Waals surface area (Å²) >= 11 is 0. The van der Waals surface area contributed by atoms with E-state index in [1.165, 1.54) is 7.11 Å². The molecule has 3 aliphatic heterocycles. The molecule has 47 heavy (non-hydrogen) atoms. The van der Waals surface area contributed by atoms with E-state index >= 15 is 0 Å². The number of para-hydroxylation sites is 1. The molecule has 250 valence electrons. The van der Waals surface area contributed by atoms with Crippen LogP contribution in [-0.2, 0) is 20.7 Å². The summed E-state index contributed by atoms with van der Waals surface area (Å²) in [6.07, 6.45) is 14.5. The van der Waals surface area contributed by atoms with Crippen molar-refractivity contribution in [3.05, 3.63) is 77.3 Å². The van der Waals surface area contributed by atoms with Crippen molar-refractivity contribution in [3.63, 3.8) is 0 Å². The Hall–Kier alpha value is -4.18. The average Bonchev–Trinajstić information content (AvgIpc) is 3.68. The number of aromatic nitrogens is 5. The third-order valence-electron chi connectivity index (χ3n) is 9.30. The smallest absolute Gasteiger partial charge is 0.339 e. The number of carbonyl (C=O) groups excluding carboxylic acids is 1. The highest BCUT2D eigenvalue weighted by Gasteiger charge is 2.37. The third kappa shape index (κ3) is 7.38. The van der Waals surface area contributed by atoms with Crippen LogP contribution in [0.3, 0.4) is 0 Å². The number of esters is 1. The highest BCUT2D eigenvalue weighted by Crippen LogP contribution is 2.41. The van der Waals surface area contributed by atoms with Crippen LogP contribution in [0, 0.1) is 12.3 Å². The molecule has 6 heterocycles. The number of ether oxygens (including phenoxy) is 3. The van der Waals surface area contributed by atoms with E-state index in [0.717, 1.165) is 74.3 Å². The molecule has 1 aromatic carbocycles. The molecule has 10 nitrogen and oxygen atoms in total. The number of aryl methyl sites for hydroxylation is 1. The molecular weight excluding hydrogens is 592 g/mol. The Morgan fingerprint density at radius 1 is 1.09 bits per heavy atom. The van der Waals surface area contributed by atoms with Gasteiger partial charge in [0.1, 0.15) is 11.6 Å². The summed E-state index contributed by atoms with van der Waals surface area (Å²) in [5.41, 5.74) is 3.87. The number of hydrogen-bond acceptors (Lipinski definition) is 8. The van der Waals surface area contributed by atoms with Crippen molar-refractivity contribution in [1.29, 1.82) is 0 Å². The minimum absolute atomic E-state index is 0.219. The van der Waals surface area contributed by atoms with E-state index in [9.17, 15) is 4.79 Å². The number of anilines is 1. The number of hydrogen-bond donors (Lipinski definition) is 0. The first-order chi connectivity index (χ1) is 22.5. The Bertz CT molecular complexity index is 1740. The van der Waals surface area contributed by atoms with Crippen molar-refractivity contribution in [2.75, 3.05) is 31.7 Å². The second kappa shape index (κ2) is 13.5. The molecule has 7 rings (SSSR count).